The summed E-state index contributed by atoms with van der Waals surface area (Å²) in [6, 6.07) is 25.5. The second kappa shape index (κ2) is 11.7. The third kappa shape index (κ3) is 5.97. The van der Waals surface area contributed by atoms with Crippen LogP contribution in [0.1, 0.15) is 23.6 Å². The number of nitrogens with one attached hydrogen (secondary N) is 1. The van der Waals surface area contributed by atoms with Crippen molar-refractivity contribution >= 4 is 34.1 Å². The lowest BCUT2D eigenvalue weighted by Gasteiger charge is -2.14. The van der Waals surface area contributed by atoms with E-state index in [1.165, 1.54) is 18.2 Å². The van der Waals surface area contributed by atoms with Gasteiger partial charge < -0.3 is 14.8 Å². The number of hydrogen-bond acceptors (Lipinski definition) is 6. The molecule has 8 nitrogen and oxygen atoms in total. The van der Waals surface area contributed by atoms with E-state index in [4.69, 9.17) is 9.47 Å². The fourth-order valence-electron chi connectivity index (χ4n) is 3.98. The molecule has 0 aromatic heterocycles. The number of nitro groups is 1. The number of ether oxygens (including phenoxy) is 2. The average Bonchev–Trinajstić information content (AvgIpc) is 2.92. The molecule has 4 aromatic carbocycles. The predicted molar refractivity (Wildman–Crippen MR) is 146 cm³/mol. The Labute approximate surface area is 219 Å². The van der Waals surface area contributed by atoms with Crippen LogP contribution in [0.3, 0.4) is 0 Å². The fraction of sp³-hybridized carbons (Fsp3) is 0.133. The molecular weight excluding hydrogens is 482 g/mol. The first-order chi connectivity index (χ1) is 18.4. The summed E-state index contributed by atoms with van der Waals surface area (Å²) in [5, 5.41) is 25.7. The summed E-state index contributed by atoms with van der Waals surface area (Å²) >= 11 is 0. The molecule has 0 saturated carbocycles. The Morgan fingerprint density at radius 2 is 1.82 bits per heavy atom. The first-order valence-corrected chi connectivity index (χ1v) is 11.9. The molecule has 0 saturated heterocycles. The van der Waals surface area contributed by atoms with Crippen molar-refractivity contribution in [1.82, 2.24) is 0 Å². The number of benzene rings is 4. The summed E-state index contributed by atoms with van der Waals surface area (Å²) < 4.78 is 11.9. The lowest BCUT2D eigenvalue weighted by Crippen LogP contribution is -2.14. The van der Waals surface area contributed by atoms with Crippen LogP contribution in [0.2, 0.25) is 0 Å². The molecule has 0 aliphatic carbocycles. The van der Waals surface area contributed by atoms with Crippen LogP contribution < -0.4 is 14.8 Å². The molecule has 0 fully saturated rings. The summed E-state index contributed by atoms with van der Waals surface area (Å²) in [6.45, 7) is 4.28. The fourth-order valence-corrected chi connectivity index (χ4v) is 3.98. The van der Waals surface area contributed by atoms with Gasteiger partial charge in [-0.3, -0.25) is 14.9 Å². The minimum absolute atomic E-state index is 0.0129. The number of rotatable bonds is 9. The molecule has 0 heterocycles. The average molecular weight is 508 g/mol. The Morgan fingerprint density at radius 3 is 2.58 bits per heavy atom. The van der Waals surface area contributed by atoms with Crippen molar-refractivity contribution in [3.63, 3.8) is 0 Å². The number of carbonyl (C=O) groups is 1. The molecule has 0 bridgehead atoms. The molecule has 4 rings (SSSR count). The highest BCUT2D eigenvalue weighted by molar-refractivity contribution is 6.10. The molecule has 38 heavy (non-hydrogen) atoms. The number of aryl methyl sites for hydroxylation is 1. The largest absolute Gasteiger partial charge is 0.490 e. The first kappa shape index (κ1) is 25.9. The molecular formula is C30H25N3O5. The molecule has 8 heteroatoms. The van der Waals surface area contributed by atoms with Gasteiger partial charge in [0, 0.05) is 6.07 Å². The highest BCUT2D eigenvalue weighted by atomic mass is 16.6. The van der Waals surface area contributed by atoms with E-state index in [1.807, 2.05) is 55.5 Å². The number of amides is 1. The first-order valence-electron chi connectivity index (χ1n) is 11.9. The molecule has 0 unspecified atom stereocenters. The Balaban J connectivity index is 1.56. The van der Waals surface area contributed by atoms with Gasteiger partial charge in [-0.25, -0.2) is 0 Å². The standard InChI is InChI=1S/C30H25N3O5/c1-3-37-29-17-21(12-14-28(29)38-19-23-9-6-8-22-7-4-5-10-25(22)23)16-24(18-31)30(34)32-26-13-11-20(2)15-27(26)33(35)36/h4-17H,3,19H2,1-2H3,(H,32,34)/b24-16+. The van der Waals surface area contributed by atoms with Crippen LogP contribution in [0.25, 0.3) is 16.8 Å². The number of carbonyl (C=O) groups excluding carboxylic acids is 1. The number of fused-ring (bicyclic) bond motifs is 1. The van der Waals surface area contributed by atoms with Crippen LogP contribution in [0.4, 0.5) is 11.4 Å². The minimum atomic E-state index is -0.756. The minimum Gasteiger partial charge on any atom is -0.490 e. The van der Waals surface area contributed by atoms with E-state index < -0.39 is 10.8 Å². The quantitative estimate of drug-likeness (QED) is 0.118. The van der Waals surface area contributed by atoms with Crippen molar-refractivity contribution < 1.29 is 19.2 Å². The van der Waals surface area contributed by atoms with E-state index in [2.05, 4.69) is 5.32 Å². The zero-order chi connectivity index (χ0) is 27.1. The summed E-state index contributed by atoms with van der Waals surface area (Å²) in [6.07, 6.45) is 1.40. The second-order valence-electron chi connectivity index (χ2n) is 8.47. The van der Waals surface area contributed by atoms with Crippen molar-refractivity contribution in [3.05, 3.63) is 111 Å². The number of nitro benzene ring substituents is 1. The van der Waals surface area contributed by atoms with Gasteiger partial charge in [0.15, 0.2) is 11.5 Å². The number of nitriles is 1. The summed E-state index contributed by atoms with van der Waals surface area (Å²) in [5.74, 6) is 0.234. The predicted octanol–water partition coefficient (Wildman–Crippen LogP) is 6.58. The summed E-state index contributed by atoms with van der Waals surface area (Å²) in [7, 11) is 0. The van der Waals surface area contributed by atoms with E-state index >= 15 is 0 Å². The summed E-state index contributed by atoms with van der Waals surface area (Å²) in [4.78, 5) is 23.6. The van der Waals surface area contributed by atoms with E-state index in [-0.39, 0.29) is 16.9 Å². The highest BCUT2D eigenvalue weighted by Gasteiger charge is 2.18. The molecule has 1 amide bonds. The van der Waals surface area contributed by atoms with Crippen molar-refractivity contribution in [3.8, 4) is 17.6 Å². The molecule has 0 spiro atoms. The number of anilines is 1. The van der Waals surface area contributed by atoms with Gasteiger partial charge in [-0.15, -0.1) is 0 Å². The van der Waals surface area contributed by atoms with Crippen LogP contribution in [0, 0.1) is 28.4 Å². The molecule has 190 valence electrons. The number of nitrogens with zero attached hydrogens (tertiary/aromatic N) is 2. The van der Waals surface area contributed by atoms with Crippen molar-refractivity contribution in [1.29, 1.82) is 5.26 Å². The maximum absolute atomic E-state index is 12.8. The van der Waals surface area contributed by atoms with Crippen molar-refractivity contribution in [2.75, 3.05) is 11.9 Å². The van der Waals surface area contributed by atoms with E-state index in [1.54, 1.807) is 31.2 Å². The van der Waals surface area contributed by atoms with Crippen LogP contribution in [0.15, 0.2) is 84.4 Å². The lowest BCUT2D eigenvalue weighted by molar-refractivity contribution is -0.384. The normalized spacial score (nSPS) is 11.0. The zero-order valence-electron chi connectivity index (χ0n) is 20.9. The Kier molecular flexibility index (Phi) is 7.99. The zero-order valence-corrected chi connectivity index (χ0v) is 20.9. The van der Waals surface area contributed by atoms with E-state index in [0.717, 1.165) is 16.3 Å². The van der Waals surface area contributed by atoms with E-state index in [0.29, 0.717) is 35.8 Å². The Bertz CT molecular complexity index is 1580. The molecule has 4 aromatic rings. The molecule has 1 N–H and O–H groups in total. The van der Waals surface area contributed by atoms with Gasteiger partial charge >= 0.3 is 0 Å². The van der Waals surface area contributed by atoms with E-state index in [9.17, 15) is 20.2 Å². The van der Waals surface area contributed by atoms with Crippen LogP contribution in [0.5, 0.6) is 11.5 Å². The van der Waals surface area contributed by atoms with Crippen molar-refractivity contribution in [2.24, 2.45) is 0 Å². The van der Waals surface area contributed by atoms with Crippen LogP contribution in [-0.2, 0) is 11.4 Å². The van der Waals surface area contributed by atoms with Crippen molar-refractivity contribution in [2.45, 2.75) is 20.5 Å². The second-order valence-corrected chi connectivity index (χ2v) is 8.47. The maximum Gasteiger partial charge on any atom is 0.293 e. The lowest BCUT2D eigenvalue weighted by atomic mass is 10.1. The molecule has 0 atom stereocenters. The SMILES string of the molecule is CCOc1cc(/C=C(\C#N)C(=O)Nc2ccc(C)cc2[N+](=O)[O-])ccc1OCc1cccc2ccccc12. The topological polar surface area (TPSA) is 114 Å². The van der Waals surface area contributed by atoms with Gasteiger partial charge in [0.1, 0.15) is 23.9 Å². The van der Waals surface area contributed by atoms with Gasteiger partial charge in [0.05, 0.1) is 11.5 Å². The molecule has 0 aliphatic heterocycles. The van der Waals surface area contributed by atoms with Gasteiger partial charge in [-0.2, -0.15) is 5.26 Å². The van der Waals surface area contributed by atoms with Gasteiger partial charge in [-0.1, -0.05) is 54.6 Å². The van der Waals surface area contributed by atoms with Crippen LogP contribution >= 0.6 is 0 Å². The highest BCUT2D eigenvalue weighted by Crippen LogP contribution is 2.31. The third-order valence-electron chi connectivity index (χ3n) is 5.80. The van der Waals surface area contributed by atoms with Gasteiger partial charge in [0.25, 0.3) is 11.6 Å². The Hall–Kier alpha value is -5.16. The number of hydrogen-bond donors (Lipinski definition) is 1. The van der Waals surface area contributed by atoms with Gasteiger partial charge in [-0.05, 0) is 65.6 Å². The molecule has 0 radical (unpaired) electrons. The smallest absolute Gasteiger partial charge is 0.293 e. The maximum atomic E-state index is 12.8. The van der Waals surface area contributed by atoms with Gasteiger partial charge in [0.2, 0.25) is 0 Å². The molecule has 0 aliphatic rings. The Morgan fingerprint density at radius 1 is 1.03 bits per heavy atom. The monoisotopic (exact) mass is 507 g/mol. The third-order valence-corrected chi connectivity index (χ3v) is 5.80. The summed E-state index contributed by atoms with van der Waals surface area (Å²) in [5.41, 5.74) is 1.80. The van der Waals surface area contributed by atoms with Crippen LogP contribution in [-0.4, -0.2) is 17.4 Å².